The predicted octanol–water partition coefficient (Wildman–Crippen LogP) is 3.78. The monoisotopic (exact) mass is 374 g/mol. The van der Waals surface area contributed by atoms with Crippen molar-refractivity contribution in [2.24, 2.45) is 0 Å². The summed E-state index contributed by atoms with van der Waals surface area (Å²) in [4.78, 5) is 15.8. The van der Waals surface area contributed by atoms with Crippen LogP contribution in [0.15, 0.2) is 54.9 Å². The van der Waals surface area contributed by atoms with E-state index in [2.05, 4.69) is 56.7 Å². The fraction of sp³-hybridized carbons (Fsp3) is 0.318. The van der Waals surface area contributed by atoms with E-state index >= 15 is 0 Å². The van der Waals surface area contributed by atoms with Gasteiger partial charge in [-0.05, 0) is 55.7 Å². The molecule has 0 aliphatic carbocycles. The minimum Gasteiger partial charge on any atom is -0.340 e. The maximum absolute atomic E-state index is 4.77. The maximum atomic E-state index is 4.77. The Kier molecular flexibility index (Phi) is 5.48. The number of benzene rings is 1. The van der Waals surface area contributed by atoms with E-state index in [1.165, 1.54) is 5.56 Å². The summed E-state index contributed by atoms with van der Waals surface area (Å²) in [6, 6.07) is 14.9. The van der Waals surface area contributed by atoms with E-state index in [9.17, 15) is 0 Å². The van der Waals surface area contributed by atoms with E-state index in [4.69, 9.17) is 4.98 Å². The molecule has 1 unspecified atom stereocenters. The van der Waals surface area contributed by atoms with E-state index in [0.29, 0.717) is 6.04 Å². The molecule has 0 saturated carbocycles. The van der Waals surface area contributed by atoms with Crippen molar-refractivity contribution < 1.29 is 0 Å². The van der Waals surface area contributed by atoms with Crippen molar-refractivity contribution in [2.75, 3.05) is 29.9 Å². The lowest BCUT2D eigenvalue weighted by Crippen LogP contribution is -2.30. The lowest BCUT2D eigenvalue weighted by atomic mass is 10.1. The van der Waals surface area contributed by atoms with Crippen LogP contribution in [0.3, 0.4) is 0 Å². The second-order valence-corrected chi connectivity index (χ2v) is 7.26. The van der Waals surface area contributed by atoms with Crippen LogP contribution in [-0.2, 0) is 0 Å². The highest BCUT2D eigenvalue weighted by atomic mass is 15.3. The molecule has 0 bridgehead atoms. The van der Waals surface area contributed by atoms with Gasteiger partial charge in [0.05, 0.1) is 0 Å². The number of hydrogen-bond donors (Lipinski definition) is 2. The molecule has 1 atom stereocenters. The number of aromatic nitrogens is 3. The van der Waals surface area contributed by atoms with Gasteiger partial charge in [0.1, 0.15) is 5.82 Å². The van der Waals surface area contributed by atoms with Crippen molar-refractivity contribution in [3.63, 3.8) is 0 Å². The average molecular weight is 374 g/mol. The molecule has 6 nitrogen and oxygen atoms in total. The van der Waals surface area contributed by atoms with Crippen molar-refractivity contribution in [1.29, 1.82) is 0 Å². The summed E-state index contributed by atoms with van der Waals surface area (Å²) in [6.45, 7) is 7.09. The Hall–Kier alpha value is -2.99. The van der Waals surface area contributed by atoms with Gasteiger partial charge in [-0.25, -0.2) is 4.98 Å². The number of pyridine rings is 1. The minimum atomic E-state index is 0.534. The van der Waals surface area contributed by atoms with Gasteiger partial charge in [0.2, 0.25) is 5.95 Å². The number of anilines is 3. The molecule has 0 radical (unpaired) electrons. The average Bonchev–Trinajstić information content (AvgIpc) is 2.93. The van der Waals surface area contributed by atoms with Crippen molar-refractivity contribution in [3.05, 3.63) is 60.6 Å². The summed E-state index contributed by atoms with van der Waals surface area (Å²) in [6.07, 6.45) is 4.72. The van der Waals surface area contributed by atoms with Gasteiger partial charge in [-0.15, -0.1) is 0 Å². The molecule has 6 heteroatoms. The first kappa shape index (κ1) is 18.4. The van der Waals surface area contributed by atoms with Crippen molar-refractivity contribution in [2.45, 2.75) is 26.3 Å². The molecule has 4 rings (SSSR count). The van der Waals surface area contributed by atoms with E-state index < -0.39 is 0 Å². The first-order valence-electron chi connectivity index (χ1n) is 9.79. The van der Waals surface area contributed by atoms with Crippen LogP contribution in [0.5, 0.6) is 0 Å². The molecule has 1 fully saturated rings. The zero-order valence-corrected chi connectivity index (χ0v) is 16.4. The van der Waals surface area contributed by atoms with Gasteiger partial charge in [0.15, 0.2) is 0 Å². The number of hydrogen-bond acceptors (Lipinski definition) is 6. The Morgan fingerprint density at radius 1 is 1.00 bits per heavy atom. The van der Waals surface area contributed by atoms with Crippen LogP contribution >= 0.6 is 0 Å². The second kappa shape index (κ2) is 8.35. The lowest BCUT2D eigenvalue weighted by molar-refractivity contribution is 0.566. The van der Waals surface area contributed by atoms with Gasteiger partial charge < -0.3 is 15.5 Å². The van der Waals surface area contributed by atoms with E-state index in [0.717, 1.165) is 54.8 Å². The third kappa shape index (κ3) is 4.46. The Morgan fingerprint density at radius 3 is 2.54 bits per heavy atom. The van der Waals surface area contributed by atoms with Crippen LogP contribution < -0.4 is 15.5 Å². The quantitative estimate of drug-likeness (QED) is 0.724. The predicted molar refractivity (Wildman–Crippen MR) is 114 cm³/mol. The zero-order chi connectivity index (χ0) is 19.3. The Labute approximate surface area is 166 Å². The molecule has 144 valence electrons. The lowest BCUT2D eigenvalue weighted by Gasteiger charge is -2.21. The molecule has 1 saturated heterocycles. The molecule has 2 N–H and O–H groups in total. The number of nitrogens with one attached hydrogen (secondary N) is 2. The van der Waals surface area contributed by atoms with Crippen LogP contribution in [-0.4, -0.2) is 40.6 Å². The topological polar surface area (TPSA) is 66.0 Å². The fourth-order valence-corrected chi connectivity index (χ4v) is 3.41. The third-order valence-electron chi connectivity index (χ3n) is 5.00. The zero-order valence-electron chi connectivity index (χ0n) is 16.4. The largest absolute Gasteiger partial charge is 0.340 e. The third-order valence-corrected chi connectivity index (χ3v) is 5.00. The minimum absolute atomic E-state index is 0.534. The van der Waals surface area contributed by atoms with Crippen molar-refractivity contribution >= 4 is 17.5 Å². The maximum Gasteiger partial charge on any atom is 0.227 e. The van der Waals surface area contributed by atoms with Gasteiger partial charge in [-0.1, -0.05) is 12.1 Å². The molecular weight excluding hydrogens is 348 g/mol. The Morgan fingerprint density at radius 2 is 1.75 bits per heavy atom. The van der Waals surface area contributed by atoms with Gasteiger partial charge in [-0.2, -0.15) is 4.98 Å². The van der Waals surface area contributed by atoms with Crippen LogP contribution in [0.1, 0.15) is 19.0 Å². The molecule has 1 aromatic carbocycles. The van der Waals surface area contributed by atoms with Crippen molar-refractivity contribution in [3.8, 4) is 11.1 Å². The molecule has 3 aromatic rings. The van der Waals surface area contributed by atoms with Gasteiger partial charge in [-0.3, -0.25) is 4.98 Å². The number of rotatable bonds is 4. The fourth-order valence-electron chi connectivity index (χ4n) is 3.41. The Balaban J connectivity index is 1.51. The van der Waals surface area contributed by atoms with Crippen LogP contribution in [0.2, 0.25) is 0 Å². The van der Waals surface area contributed by atoms with Gasteiger partial charge >= 0.3 is 0 Å². The summed E-state index contributed by atoms with van der Waals surface area (Å²) in [5, 5.41) is 6.94. The van der Waals surface area contributed by atoms with E-state index in [-0.39, 0.29) is 0 Å². The highest BCUT2D eigenvalue weighted by molar-refractivity contribution is 5.67. The summed E-state index contributed by atoms with van der Waals surface area (Å²) in [5.41, 5.74) is 4.29. The molecule has 1 aliphatic rings. The highest BCUT2D eigenvalue weighted by Gasteiger charge is 2.16. The standard InChI is InChI=1S/C22H26N6/c1-16-9-13-28(14-12-24-16)22-25-17(2)15-21(27-22)26-20-5-3-18(4-6-20)19-7-10-23-11-8-19/h3-8,10-11,15-16,24H,9,12-14H2,1-2H3,(H,25,26,27). The number of aryl methyl sites for hydroxylation is 1. The molecule has 0 spiro atoms. The molecular formula is C22H26N6. The summed E-state index contributed by atoms with van der Waals surface area (Å²) in [7, 11) is 0. The van der Waals surface area contributed by atoms with Gasteiger partial charge in [0, 0.05) is 55.5 Å². The Bertz CT molecular complexity index is 910. The smallest absolute Gasteiger partial charge is 0.227 e. The summed E-state index contributed by atoms with van der Waals surface area (Å²) < 4.78 is 0. The molecule has 3 heterocycles. The summed E-state index contributed by atoms with van der Waals surface area (Å²) in [5.74, 6) is 1.62. The van der Waals surface area contributed by atoms with Crippen LogP contribution in [0.4, 0.5) is 17.5 Å². The SMILES string of the molecule is Cc1cc(Nc2ccc(-c3ccncc3)cc2)nc(N2CCNC(C)CC2)n1. The normalized spacial score (nSPS) is 17.2. The van der Waals surface area contributed by atoms with Gasteiger partial charge in [0.25, 0.3) is 0 Å². The van der Waals surface area contributed by atoms with E-state index in [1.54, 1.807) is 0 Å². The number of nitrogens with zero attached hydrogens (tertiary/aromatic N) is 4. The first-order chi connectivity index (χ1) is 13.7. The molecule has 1 aliphatic heterocycles. The first-order valence-corrected chi connectivity index (χ1v) is 9.79. The molecule has 2 aromatic heterocycles. The highest BCUT2D eigenvalue weighted by Crippen LogP contribution is 2.23. The second-order valence-electron chi connectivity index (χ2n) is 7.26. The van der Waals surface area contributed by atoms with Crippen LogP contribution in [0, 0.1) is 6.92 Å². The van der Waals surface area contributed by atoms with Crippen LogP contribution in [0.25, 0.3) is 11.1 Å². The summed E-state index contributed by atoms with van der Waals surface area (Å²) >= 11 is 0. The molecule has 28 heavy (non-hydrogen) atoms. The van der Waals surface area contributed by atoms with Crippen molar-refractivity contribution in [1.82, 2.24) is 20.3 Å². The van der Waals surface area contributed by atoms with E-state index in [1.807, 2.05) is 37.5 Å². The molecule has 0 amide bonds.